The SMILES string of the molecule is CCON(CC=CO)CCC(=O)O. The van der Waals surface area contributed by atoms with Crippen LogP contribution < -0.4 is 0 Å². The molecule has 0 aromatic heterocycles. The summed E-state index contributed by atoms with van der Waals surface area (Å²) in [5.41, 5.74) is 0. The molecule has 0 aliphatic rings. The Kier molecular flexibility index (Phi) is 6.95. The molecular weight excluding hydrogens is 174 g/mol. The average molecular weight is 189 g/mol. The molecule has 0 aromatic carbocycles. The largest absolute Gasteiger partial charge is 0.516 e. The van der Waals surface area contributed by atoms with Gasteiger partial charge in [-0.1, -0.05) is 0 Å². The summed E-state index contributed by atoms with van der Waals surface area (Å²) in [4.78, 5) is 15.3. The molecule has 2 N–H and O–H groups in total. The minimum absolute atomic E-state index is 0.0271. The highest BCUT2D eigenvalue weighted by atomic mass is 16.7. The molecule has 0 spiro atoms. The number of aliphatic carboxylic acids is 1. The maximum Gasteiger partial charge on any atom is 0.304 e. The van der Waals surface area contributed by atoms with Crippen LogP contribution in [0.15, 0.2) is 12.3 Å². The van der Waals surface area contributed by atoms with Crippen molar-refractivity contribution in [1.82, 2.24) is 5.06 Å². The van der Waals surface area contributed by atoms with Crippen LogP contribution in [0.25, 0.3) is 0 Å². The zero-order chi connectivity index (χ0) is 10.1. The van der Waals surface area contributed by atoms with Gasteiger partial charge in [0.25, 0.3) is 0 Å². The summed E-state index contributed by atoms with van der Waals surface area (Å²) in [5.74, 6) is -0.863. The summed E-state index contributed by atoms with van der Waals surface area (Å²) in [5, 5.41) is 18.3. The summed E-state index contributed by atoms with van der Waals surface area (Å²) in [6.07, 6.45) is 2.42. The Bertz CT molecular complexity index is 170. The van der Waals surface area contributed by atoms with Crippen molar-refractivity contribution in [2.75, 3.05) is 19.7 Å². The lowest BCUT2D eigenvalue weighted by Gasteiger charge is -2.17. The molecule has 5 heteroatoms. The van der Waals surface area contributed by atoms with Gasteiger partial charge in [-0.2, -0.15) is 5.06 Å². The van der Waals surface area contributed by atoms with Crippen molar-refractivity contribution in [3.63, 3.8) is 0 Å². The molecule has 0 fully saturated rings. The van der Waals surface area contributed by atoms with Crippen LogP contribution in [0.4, 0.5) is 0 Å². The van der Waals surface area contributed by atoms with Gasteiger partial charge in [-0.25, -0.2) is 0 Å². The Morgan fingerprint density at radius 3 is 2.77 bits per heavy atom. The maximum atomic E-state index is 10.2. The van der Waals surface area contributed by atoms with Crippen LogP contribution in [-0.2, 0) is 9.63 Å². The van der Waals surface area contributed by atoms with Gasteiger partial charge >= 0.3 is 5.97 Å². The number of aliphatic hydroxyl groups excluding tert-OH is 1. The van der Waals surface area contributed by atoms with Gasteiger partial charge in [0.15, 0.2) is 0 Å². The van der Waals surface area contributed by atoms with E-state index in [1.54, 1.807) is 0 Å². The lowest BCUT2D eigenvalue weighted by molar-refractivity contribution is -0.157. The lowest BCUT2D eigenvalue weighted by Crippen LogP contribution is -2.27. The van der Waals surface area contributed by atoms with E-state index in [0.717, 1.165) is 6.26 Å². The summed E-state index contributed by atoms with van der Waals surface area (Å²) in [6.45, 7) is 3.00. The zero-order valence-corrected chi connectivity index (χ0v) is 7.64. The monoisotopic (exact) mass is 189 g/mol. The first-order chi connectivity index (χ1) is 6.20. The van der Waals surface area contributed by atoms with E-state index in [4.69, 9.17) is 15.1 Å². The topological polar surface area (TPSA) is 70.0 Å². The molecule has 0 aliphatic carbocycles. The Morgan fingerprint density at radius 1 is 1.62 bits per heavy atom. The van der Waals surface area contributed by atoms with Gasteiger partial charge in [0.1, 0.15) is 0 Å². The van der Waals surface area contributed by atoms with Crippen molar-refractivity contribution in [3.8, 4) is 0 Å². The van der Waals surface area contributed by atoms with Gasteiger partial charge in [0, 0.05) is 13.1 Å². The standard InChI is InChI=1S/C8H15NO4/c1-2-13-9(5-3-7-10)6-4-8(11)12/h3,7,10H,2,4-6H2,1H3,(H,11,12). The fraction of sp³-hybridized carbons (Fsp3) is 0.625. The molecule has 0 amide bonds. The van der Waals surface area contributed by atoms with Crippen molar-refractivity contribution >= 4 is 5.97 Å². The Hall–Kier alpha value is -1.07. The predicted molar refractivity (Wildman–Crippen MR) is 47.2 cm³/mol. The first-order valence-electron chi connectivity index (χ1n) is 4.09. The normalized spacial score (nSPS) is 11.2. The Morgan fingerprint density at radius 2 is 2.31 bits per heavy atom. The van der Waals surface area contributed by atoms with E-state index in [2.05, 4.69) is 0 Å². The average Bonchev–Trinajstić information content (AvgIpc) is 2.09. The molecule has 0 aromatic rings. The summed E-state index contributed by atoms with van der Waals surface area (Å²) in [6, 6.07) is 0. The van der Waals surface area contributed by atoms with Gasteiger partial charge in [-0.3, -0.25) is 9.63 Å². The van der Waals surface area contributed by atoms with Crippen LogP contribution in [0.5, 0.6) is 0 Å². The maximum absolute atomic E-state index is 10.2. The van der Waals surface area contributed by atoms with Gasteiger partial charge < -0.3 is 10.2 Å². The fourth-order valence-electron chi connectivity index (χ4n) is 0.776. The number of rotatable bonds is 7. The second-order valence-electron chi connectivity index (χ2n) is 2.33. The minimum Gasteiger partial charge on any atom is -0.516 e. The molecule has 0 bridgehead atoms. The molecule has 0 saturated heterocycles. The first-order valence-corrected chi connectivity index (χ1v) is 4.09. The van der Waals surface area contributed by atoms with Gasteiger partial charge in [0.05, 0.1) is 19.3 Å². The second-order valence-corrected chi connectivity index (χ2v) is 2.33. The van der Waals surface area contributed by atoms with Gasteiger partial charge in [-0.05, 0) is 13.0 Å². The third kappa shape index (κ3) is 7.30. The Labute approximate surface area is 77.2 Å². The fourth-order valence-corrected chi connectivity index (χ4v) is 0.776. The van der Waals surface area contributed by atoms with Crippen molar-refractivity contribution < 1.29 is 19.8 Å². The number of hydrogen-bond donors (Lipinski definition) is 2. The van der Waals surface area contributed by atoms with Crippen molar-refractivity contribution in [1.29, 1.82) is 0 Å². The minimum atomic E-state index is -0.863. The third-order valence-electron chi connectivity index (χ3n) is 1.30. The molecule has 0 aliphatic heterocycles. The lowest BCUT2D eigenvalue weighted by atomic mass is 10.4. The molecular formula is C8H15NO4. The molecule has 5 nitrogen and oxygen atoms in total. The van der Waals surface area contributed by atoms with Crippen molar-refractivity contribution in [2.45, 2.75) is 13.3 Å². The van der Waals surface area contributed by atoms with Crippen molar-refractivity contribution in [2.24, 2.45) is 0 Å². The van der Waals surface area contributed by atoms with Crippen LogP contribution in [0.3, 0.4) is 0 Å². The van der Waals surface area contributed by atoms with E-state index in [1.165, 1.54) is 11.1 Å². The van der Waals surface area contributed by atoms with E-state index >= 15 is 0 Å². The highest BCUT2D eigenvalue weighted by Gasteiger charge is 2.05. The molecule has 0 atom stereocenters. The van der Waals surface area contributed by atoms with E-state index in [0.29, 0.717) is 19.7 Å². The molecule has 0 radical (unpaired) electrons. The number of carbonyl (C=O) groups is 1. The smallest absolute Gasteiger partial charge is 0.304 e. The molecule has 0 saturated carbocycles. The molecule has 76 valence electrons. The van der Waals surface area contributed by atoms with E-state index in [-0.39, 0.29) is 6.42 Å². The zero-order valence-electron chi connectivity index (χ0n) is 7.64. The van der Waals surface area contributed by atoms with Crippen LogP contribution in [0, 0.1) is 0 Å². The number of hydroxylamine groups is 2. The number of hydrogen-bond acceptors (Lipinski definition) is 4. The number of nitrogens with zero attached hydrogens (tertiary/aromatic N) is 1. The van der Waals surface area contributed by atoms with E-state index in [1.807, 2.05) is 6.92 Å². The predicted octanol–water partition coefficient (Wildman–Crippen LogP) is 0.786. The number of aliphatic hydroxyl groups is 1. The van der Waals surface area contributed by atoms with Crippen LogP contribution >= 0.6 is 0 Å². The van der Waals surface area contributed by atoms with Gasteiger partial charge in [0.2, 0.25) is 0 Å². The summed E-state index contributed by atoms with van der Waals surface area (Å²) in [7, 11) is 0. The summed E-state index contributed by atoms with van der Waals surface area (Å²) >= 11 is 0. The van der Waals surface area contributed by atoms with E-state index in [9.17, 15) is 4.79 Å². The molecule has 0 heterocycles. The molecule has 0 rings (SSSR count). The first kappa shape index (κ1) is 11.9. The second kappa shape index (κ2) is 7.57. The summed E-state index contributed by atoms with van der Waals surface area (Å²) < 4.78 is 0. The third-order valence-corrected chi connectivity index (χ3v) is 1.30. The van der Waals surface area contributed by atoms with Crippen LogP contribution in [-0.4, -0.2) is 40.9 Å². The highest BCUT2D eigenvalue weighted by Crippen LogP contribution is 1.94. The van der Waals surface area contributed by atoms with Crippen molar-refractivity contribution in [3.05, 3.63) is 12.3 Å². The number of carboxylic acid groups (broad SMARTS) is 1. The van der Waals surface area contributed by atoms with E-state index < -0.39 is 5.97 Å². The van der Waals surface area contributed by atoms with Crippen LogP contribution in [0.2, 0.25) is 0 Å². The van der Waals surface area contributed by atoms with Gasteiger partial charge in [-0.15, -0.1) is 0 Å². The van der Waals surface area contributed by atoms with Crippen LogP contribution in [0.1, 0.15) is 13.3 Å². The highest BCUT2D eigenvalue weighted by molar-refractivity contribution is 5.66. The quantitative estimate of drug-likeness (QED) is 0.457. The molecule has 13 heavy (non-hydrogen) atoms. The Balaban J connectivity index is 3.72. The molecule has 0 unspecified atom stereocenters. The number of carboxylic acids is 1.